The van der Waals surface area contributed by atoms with Gasteiger partial charge in [0.15, 0.2) is 0 Å². The van der Waals surface area contributed by atoms with Crippen molar-refractivity contribution in [1.29, 1.82) is 0 Å². The van der Waals surface area contributed by atoms with E-state index >= 15 is 0 Å². The Balaban J connectivity index is 1.84. The minimum atomic E-state index is -0.125. The van der Waals surface area contributed by atoms with Crippen LogP contribution in [0.15, 0.2) is 0 Å². The molecule has 1 saturated heterocycles. The number of carbonyl (C=O) groups excluding carboxylic acids is 1. The first kappa shape index (κ1) is 14.5. The number of ether oxygens (including phenoxy) is 1. The normalized spacial score (nSPS) is 16.3. The average Bonchev–Trinajstić information content (AvgIpc) is 2.82. The summed E-state index contributed by atoms with van der Waals surface area (Å²) in [4.78, 5) is 13.7. The van der Waals surface area contributed by atoms with Gasteiger partial charge in [0.05, 0.1) is 13.2 Å². The number of carbonyl (C=O) groups is 1. The van der Waals surface area contributed by atoms with E-state index in [0.29, 0.717) is 13.2 Å². The number of esters is 1. The molecule has 0 radical (unpaired) electrons. The smallest absolute Gasteiger partial charge is 0.319 e. The SMILES string of the molecule is CCCCOC(=O)CNCCCN1CCCC1. The summed E-state index contributed by atoms with van der Waals surface area (Å²) < 4.78 is 5.05. The Kier molecular flexibility index (Phi) is 8.01. The van der Waals surface area contributed by atoms with Crippen LogP contribution in [0.25, 0.3) is 0 Å². The maximum absolute atomic E-state index is 11.2. The van der Waals surface area contributed by atoms with Gasteiger partial charge in [-0.2, -0.15) is 0 Å². The predicted octanol–water partition coefficient (Wildman–Crippen LogP) is 1.41. The number of rotatable bonds is 9. The van der Waals surface area contributed by atoms with E-state index in [9.17, 15) is 4.79 Å². The number of unbranched alkanes of at least 4 members (excludes halogenated alkanes) is 1. The van der Waals surface area contributed by atoms with Crippen LogP contribution in [0.5, 0.6) is 0 Å². The minimum absolute atomic E-state index is 0.125. The summed E-state index contributed by atoms with van der Waals surface area (Å²) in [6.45, 7) is 7.55. The van der Waals surface area contributed by atoms with E-state index in [1.54, 1.807) is 0 Å². The Morgan fingerprint density at radius 2 is 2.06 bits per heavy atom. The van der Waals surface area contributed by atoms with E-state index in [4.69, 9.17) is 4.74 Å². The summed E-state index contributed by atoms with van der Waals surface area (Å²) in [6.07, 6.45) is 5.83. The lowest BCUT2D eigenvalue weighted by molar-refractivity contribution is -0.142. The molecule has 1 N–H and O–H groups in total. The van der Waals surface area contributed by atoms with Gasteiger partial charge in [-0.15, -0.1) is 0 Å². The molecule has 0 aromatic heterocycles. The van der Waals surface area contributed by atoms with Crippen LogP contribution in [0.3, 0.4) is 0 Å². The maximum Gasteiger partial charge on any atom is 0.319 e. The van der Waals surface area contributed by atoms with Gasteiger partial charge < -0.3 is 15.0 Å². The van der Waals surface area contributed by atoms with Crippen LogP contribution in [0.4, 0.5) is 0 Å². The second-order valence-corrected chi connectivity index (χ2v) is 4.65. The second-order valence-electron chi connectivity index (χ2n) is 4.65. The van der Waals surface area contributed by atoms with E-state index in [1.807, 2.05) is 0 Å². The Morgan fingerprint density at radius 1 is 1.29 bits per heavy atom. The quantitative estimate of drug-likeness (QED) is 0.490. The fourth-order valence-corrected chi connectivity index (χ4v) is 2.01. The first-order valence-corrected chi connectivity index (χ1v) is 6.91. The van der Waals surface area contributed by atoms with Gasteiger partial charge in [0.2, 0.25) is 0 Å². The lowest BCUT2D eigenvalue weighted by Gasteiger charge is -2.14. The summed E-state index contributed by atoms with van der Waals surface area (Å²) in [7, 11) is 0. The molecule has 0 spiro atoms. The summed E-state index contributed by atoms with van der Waals surface area (Å²) in [5.74, 6) is -0.125. The molecule has 1 aliphatic heterocycles. The lowest BCUT2D eigenvalue weighted by atomic mass is 10.3. The van der Waals surface area contributed by atoms with Gasteiger partial charge in [-0.25, -0.2) is 0 Å². The van der Waals surface area contributed by atoms with Crippen molar-refractivity contribution in [3.63, 3.8) is 0 Å². The summed E-state index contributed by atoms with van der Waals surface area (Å²) in [5.41, 5.74) is 0. The van der Waals surface area contributed by atoms with Crippen LogP contribution in [-0.2, 0) is 9.53 Å². The van der Waals surface area contributed by atoms with Gasteiger partial charge in [0.1, 0.15) is 0 Å². The number of hydrogen-bond acceptors (Lipinski definition) is 4. The van der Waals surface area contributed by atoms with Crippen molar-refractivity contribution >= 4 is 5.97 Å². The minimum Gasteiger partial charge on any atom is -0.465 e. The molecule has 0 atom stereocenters. The topological polar surface area (TPSA) is 41.6 Å². The monoisotopic (exact) mass is 242 g/mol. The largest absolute Gasteiger partial charge is 0.465 e. The molecular weight excluding hydrogens is 216 g/mol. The van der Waals surface area contributed by atoms with Crippen LogP contribution in [0.1, 0.15) is 39.0 Å². The van der Waals surface area contributed by atoms with Crippen molar-refractivity contribution < 1.29 is 9.53 Å². The molecule has 4 heteroatoms. The third kappa shape index (κ3) is 7.34. The molecule has 1 aliphatic rings. The molecule has 1 heterocycles. The molecule has 0 amide bonds. The fourth-order valence-electron chi connectivity index (χ4n) is 2.01. The highest BCUT2D eigenvalue weighted by Gasteiger charge is 2.10. The standard InChI is InChI=1S/C13H26N2O2/c1-2-3-11-17-13(16)12-14-7-6-10-15-8-4-5-9-15/h14H,2-12H2,1H3. The van der Waals surface area contributed by atoms with E-state index in [1.165, 1.54) is 25.9 Å². The third-order valence-electron chi connectivity index (χ3n) is 3.06. The zero-order chi connectivity index (χ0) is 12.3. The van der Waals surface area contributed by atoms with Crippen LogP contribution < -0.4 is 5.32 Å². The van der Waals surface area contributed by atoms with E-state index in [-0.39, 0.29) is 5.97 Å². The average molecular weight is 242 g/mol. The second kappa shape index (κ2) is 9.42. The van der Waals surface area contributed by atoms with Gasteiger partial charge >= 0.3 is 5.97 Å². The Labute approximate surface area is 105 Å². The fraction of sp³-hybridized carbons (Fsp3) is 0.923. The van der Waals surface area contributed by atoms with E-state index < -0.39 is 0 Å². The van der Waals surface area contributed by atoms with Gasteiger partial charge in [-0.1, -0.05) is 13.3 Å². The molecule has 0 saturated carbocycles. The van der Waals surface area contributed by atoms with Crippen molar-refractivity contribution in [3.05, 3.63) is 0 Å². The number of likely N-dealkylation sites (tertiary alicyclic amines) is 1. The summed E-state index contributed by atoms with van der Waals surface area (Å²) in [6, 6.07) is 0. The van der Waals surface area contributed by atoms with Gasteiger partial charge in [-0.3, -0.25) is 4.79 Å². The molecule has 0 aliphatic carbocycles. The van der Waals surface area contributed by atoms with Crippen LogP contribution in [-0.4, -0.2) is 50.2 Å². The maximum atomic E-state index is 11.2. The van der Waals surface area contributed by atoms with Crippen molar-refractivity contribution in [1.82, 2.24) is 10.2 Å². The number of nitrogens with one attached hydrogen (secondary N) is 1. The molecule has 0 unspecified atom stereocenters. The molecule has 0 bridgehead atoms. The molecule has 17 heavy (non-hydrogen) atoms. The van der Waals surface area contributed by atoms with Gasteiger partial charge in [-0.05, 0) is 51.9 Å². The molecule has 4 nitrogen and oxygen atoms in total. The molecule has 0 aromatic carbocycles. The number of nitrogens with zero attached hydrogens (tertiary/aromatic N) is 1. The van der Waals surface area contributed by atoms with Crippen LogP contribution in [0, 0.1) is 0 Å². The summed E-state index contributed by atoms with van der Waals surface area (Å²) in [5, 5.41) is 3.13. The van der Waals surface area contributed by atoms with Crippen LogP contribution >= 0.6 is 0 Å². The molecule has 0 aromatic rings. The lowest BCUT2D eigenvalue weighted by Crippen LogP contribution is -2.29. The molecule has 1 fully saturated rings. The van der Waals surface area contributed by atoms with Gasteiger partial charge in [0, 0.05) is 0 Å². The summed E-state index contributed by atoms with van der Waals surface area (Å²) >= 11 is 0. The zero-order valence-corrected chi connectivity index (χ0v) is 11.0. The highest BCUT2D eigenvalue weighted by Crippen LogP contribution is 2.06. The van der Waals surface area contributed by atoms with Crippen molar-refractivity contribution in [3.8, 4) is 0 Å². The van der Waals surface area contributed by atoms with Crippen molar-refractivity contribution in [2.45, 2.75) is 39.0 Å². The van der Waals surface area contributed by atoms with E-state index in [0.717, 1.165) is 32.4 Å². The first-order valence-electron chi connectivity index (χ1n) is 6.91. The number of hydrogen-bond donors (Lipinski definition) is 1. The molecule has 1 rings (SSSR count). The molecule has 100 valence electrons. The van der Waals surface area contributed by atoms with E-state index in [2.05, 4.69) is 17.1 Å². The Hall–Kier alpha value is -0.610. The Bertz CT molecular complexity index is 204. The predicted molar refractivity (Wildman–Crippen MR) is 69.0 cm³/mol. The zero-order valence-electron chi connectivity index (χ0n) is 11.0. The molecular formula is C13H26N2O2. The third-order valence-corrected chi connectivity index (χ3v) is 3.06. The van der Waals surface area contributed by atoms with Crippen molar-refractivity contribution in [2.24, 2.45) is 0 Å². The van der Waals surface area contributed by atoms with Gasteiger partial charge in [0.25, 0.3) is 0 Å². The first-order chi connectivity index (χ1) is 8.33. The van der Waals surface area contributed by atoms with Crippen molar-refractivity contribution in [2.75, 3.05) is 39.3 Å². The van der Waals surface area contributed by atoms with Crippen LogP contribution in [0.2, 0.25) is 0 Å². The Morgan fingerprint density at radius 3 is 2.76 bits per heavy atom. The highest BCUT2D eigenvalue weighted by atomic mass is 16.5. The highest BCUT2D eigenvalue weighted by molar-refractivity contribution is 5.71.